The number of hydrogen-bond acceptors (Lipinski definition) is 2. The van der Waals surface area contributed by atoms with E-state index in [1.54, 1.807) is 18.2 Å². The molecule has 0 amide bonds. The van der Waals surface area contributed by atoms with Crippen LogP contribution in [0.4, 0.5) is 10.1 Å². The van der Waals surface area contributed by atoms with Crippen molar-refractivity contribution in [3.8, 4) is 11.5 Å². The summed E-state index contributed by atoms with van der Waals surface area (Å²) in [5.74, 6) is 0.767. The third-order valence-corrected chi connectivity index (χ3v) is 3.36. The highest BCUT2D eigenvalue weighted by atomic mass is 79.9. The van der Waals surface area contributed by atoms with Crippen molar-refractivity contribution in [1.29, 1.82) is 0 Å². The molecule has 0 fully saturated rings. The van der Waals surface area contributed by atoms with Gasteiger partial charge >= 0.3 is 0 Å². The maximum atomic E-state index is 13.0. The van der Waals surface area contributed by atoms with Gasteiger partial charge < -0.3 is 10.5 Å². The number of nitrogens with two attached hydrogens (primary N) is 1. The van der Waals surface area contributed by atoms with Crippen LogP contribution in [0.2, 0.25) is 5.02 Å². The van der Waals surface area contributed by atoms with Crippen LogP contribution >= 0.6 is 27.5 Å². The third kappa shape index (κ3) is 2.76. The molecule has 0 aliphatic carbocycles. The first-order valence-electron chi connectivity index (χ1n) is 5.16. The summed E-state index contributed by atoms with van der Waals surface area (Å²) in [6.45, 7) is 1.86. The molecule has 0 bridgehead atoms. The van der Waals surface area contributed by atoms with Gasteiger partial charge in [-0.1, -0.05) is 11.6 Å². The molecule has 0 heterocycles. The molecule has 0 unspecified atom stereocenters. The van der Waals surface area contributed by atoms with Crippen molar-refractivity contribution < 1.29 is 9.13 Å². The Morgan fingerprint density at radius 1 is 1.22 bits per heavy atom. The van der Waals surface area contributed by atoms with E-state index in [2.05, 4.69) is 15.9 Å². The molecule has 0 saturated carbocycles. The molecule has 94 valence electrons. The standard InChI is InChI=1S/C13H10BrClFNO/c1-7-4-11(17)10(15)6-13(7)18-12-3-2-8(16)5-9(12)14/h2-6H,17H2,1H3. The summed E-state index contributed by atoms with van der Waals surface area (Å²) in [5.41, 5.74) is 7.04. The lowest BCUT2D eigenvalue weighted by molar-refractivity contribution is 0.474. The highest BCUT2D eigenvalue weighted by Crippen LogP contribution is 2.35. The van der Waals surface area contributed by atoms with Gasteiger partial charge in [-0.15, -0.1) is 0 Å². The Bertz CT molecular complexity index is 604. The molecule has 2 N–H and O–H groups in total. The van der Waals surface area contributed by atoms with Gasteiger partial charge in [-0.25, -0.2) is 4.39 Å². The van der Waals surface area contributed by atoms with E-state index >= 15 is 0 Å². The first kappa shape index (κ1) is 13.2. The monoisotopic (exact) mass is 329 g/mol. The van der Waals surface area contributed by atoms with Gasteiger partial charge in [-0.2, -0.15) is 0 Å². The Hall–Kier alpha value is -1.26. The molecule has 2 nitrogen and oxygen atoms in total. The molecule has 0 saturated heterocycles. The lowest BCUT2D eigenvalue weighted by atomic mass is 10.2. The van der Waals surface area contributed by atoms with Crippen molar-refractivity contribution in [3.05, 3.63) is 51.2 Å². The first-order chi connectivity index (χ1) is 8.47. The maximum Gasteiger partial charge on any atom is 0.141 e. The Labute approximate surface area is 118 Å². The fourth-order valence-corrected chi connectivity index (χ4v) is 2.06. The van der Waals surface area contributed by atoms with Crippen LogP contribution in [-0.4, -0.2) is 0 Å². The number of aryl methyl sites for hydroxylation is 1. The Kier molecular flexibility index (Phi) is 3.78. The van der Waals surface area contributed by atoms with Crippen LogP contribution in [0.1, 0.15) is 5.56 Å². The summed E-state index contributed by atoms with van der Waals surface area (Å²) < 4.78 is 19.2. The second kappa shape index (κ2) is 5.16. The van der Waals surface area contributed by atoms with E-state index in [1.165, 1.54) is 12.1 Å². The van der Waals surface area contributed by atoms with E-state index < -0.39 is 0 Å². The molecule has 2 aromatic rings. The van der Waals surface area contributed by atoms with Crippen molar-refractivity contribution in [2.45, 2.75) is 6.92 Å². The molecule has 2 rings (SSSR count). The lowest BCUT2D eigenvalue weighted by Gasteiger charge is -2.11. The maximum absolute atomic E-state index is 13.0. The summed E-state index contributed by atoms with van der Waals surface area (Å²) in [4.78, 5) is 0. The predicted molar refractivity (Wildman–Crippen MR) is 74.8 cm³/mol. The van der Waals surface area contributed by atoms with Crippen LogP contribution < -0.4 is 10.5 Å². The number of rotatable bonds is 2. The minimum Gasteiger partial charge on any atom is -0.456 e. The zero-order valence-electron chi connectivity index (χ0n) is 9.51. The lowest BCUT2D eigenvalue weighted by Crippen LogP contribution is -1.93. The average molecular weight is 331 g/mol. The van der Waals surface area contributed by atoms with E-state index in [4.69, 9.17) is 22.1 Å². The minimum absolute atomic E-state index is 0.332. The Morgan fingerprint density at radius 2 is 1.94 bits per heavy atom. The Balaban J connectivity index is 2.37. The average Bonchev–Trinajstić information content (AvgIpc) is 2.29. The van der Waals surface area contributed by atoms with Crippen LogP contribution in [0.15, 0.2) is 34.8 Å². The Morgan fingerprint density at radius 3 is 2.61 bits per heavy atom. The van der Waals surface area contributed by atoms with Crippen LogP contribution in [0.5, 0.6) is 11.5 Å². The number of nitrogen functional groups attached to an aromatic ring is 1. The highest BCUT2D eigenvalue weighted by Gasteiger charge is 2.08. The van der Waals surface area contributed by atoms with Crippen molar-refractivity contribution in [2.24, 2.45) is 0 Å². The summed E-state index contributed by atoms with van der Waals surface area (Å²) >= 11 is 9.18. The molecule has 5 heteroatoms. The summed E-state index contributed by atoms with van der Waals surface area (Å²) in [5, 5.41) is 0.425. The van der Waals surface area contributed by atoms with Crippen LogP contribution in [0.25, 0.3) is 0 Å². The van der Waals surface area contributed by atoms with E-state index in [-0.39, 0.29) is 5.82 Å². The van der Waals surface area contributed by atoms with E-state index in [0.29, 0.717) is 26.7 Å². The zero-order valence-corrected chi connectivity index (χ0v) is 11.8. The topological polar surface area (TPSA) is 35.2 Å². The summed E-state index contributed by atoms with van der Waals surface area (Å²) in [6.07, 6.45) is 0. The van der Waals surface area contributed by atoms with Gasteiger partial charge in [-0.05, 0) is 52.7 Å². The van der Waals surface area contributed by atoms with Crippen LogP contribution in [0, 0.1) is 12.7 Å². The molecule has 0 aromatic heterocycles. The van der Waals surface area contributed by atoms with Gasteiger partial charge in [0.05, 0.1) is 15.2 Å². The van der Waals surface area contributed by atoms with E-state index in [0.717, 1.165) is 5.56 Å². The van der Waals surface area contributed by atoms with Gasteiger partial charge in [0.25, 0.3) is 0 Å². The smallest absolute Gasteiger partial charge is 0.141 e. The number of hydrogen-bond donors (Lipinski definition) is 1. The van der Waals surface area contributed by atoms with E-state index in [9.17, 15) is 4.39 Å². The normalized spacial score (nSPS) is 10.4. The fraction of sp³-hybridized carbons (Fsp3) is 0.0769. The molecule has 0 aliphatic heterocycles. The highest BCUT2D eigenvalue weighted by molar-refractivity contribution is 9.10. The number of anilines is 1. The third-order valence-electron chi connectivity index (χ3n) is 2.41. The first-order valence-corrected chi connectivity index (χ1v) is 6.33. The molecule has 0 radical (unpaired) electrons. The predicted octanol–water partition coefficient (Wildman–Crippen LogP) is 4.92. The summed E-state index contributed by atoms with van der Waals surface area (Å²) in [6, 6.07) is 7.58. The number of ether oxygens (including phenoxy) is 1. The van der Waals surface area contributed by atoms with Crippen LogP contribution in [-0.2, 0) is 0 Å². The van der Waals surface area contributed by atoms with Crippen molar-refractivity contribution in [2.75, 3.05) is 5.73 Å². The second-order valence-electron chi connectivity index (χ2n) is 3.82. The summed E-state index contributed by atoms with van der Waals surface area (Å²) in [7, 11) is 0. The van der Waals surface area contributed by atoms with Crippen LogP contribution in [0.3, 0.4) is 0 Å². The van der Waals surface area contributed by atoms with Gasteiger partial charge in [0.1, 0.15) is 17.3 Å². The number of benzene rings is 2. The molecular weight excluding hydrogens is 321 g/mol. The van der Waals surface area contributed by atoms with Crippen molar-refractivity contribution in [1.82, 2.24) is 0 Å². The van der Waals surface area contributed by atoms with Crippen molar-refractivity contribution >= 4 is 33.2 Å². The largest absolute Gasteiger partial charge is 0.456 e. The molecular formula is C13H10BrClFNO. The minimum atomic E-state index is -0.332. The van der Waals surface area contributed by atoms with Crippen molar-refractivity contribution in [3.63, 3.8) is 0 Å². The van der Waals surface area contributed by atoms with Gasteiger partial charge in [0.15, 0.2) is 0 Å². The quantitative estimate of drug-likeness (QED) is 0.793. The molecule has 0 atom stereocenters. The second-order valence-corrected chi connectivity index (χ2v) is 5.08. The fourth-order valence-electron chi connectivity index (χ4n) is 1.47. The molecule has 0 spiro atoms. The van der Waals surface area contributed by atoms with Gasteiger partial charge in [0, 0.05) is 6.07 Å². The SMILES string of the molecule is Cc1cc(N)c(Cl)cc1Oc1ccc(F)cc1Br. The van der Waals surface area contributed by atoms with Gasteiger partial charge in [-0.3, -0.25) is 0 Å². The zero-order chi connectivity index (χ0) is 13.3. The number of halogens is 3. The molecule has 2 aromatic carbocycles. The molecule has 0 aliphatic rings. The van der Waals surface area contributed by atoms with Gasteiger partial charge in [0.2, 0.25) is 0 Å². The molecule has 18 heavy (non-hydrogen) atoms. The van der Waals surface area contributed by atoms with E-state index in [1.807, 2.05) is 6.92 Å².